The highest BCUT2D eigenvalue weighted by Gasteiger charge is 2.31. The van der Waals surface area contributed by atoms with E-state index in [4.69, 9.17) is 5.73 Å². The zero-order valence-electron chi connectivity index (χ0n) is 13.4. The Morgan fingerprint density at radius 2 is 1.81 bits per heavy atom. The van der Waals surface area contributed by atoms with Crippen LogP contribution in [0.3, 0.4) is 0 Å². The number of carbonyl (C=O) groups excluding carboxylic acids is 1. The second-order valence-electron chi connectivity index (χ2n) is 6.43. The van der Waals surface area contributed by atoms with Crippen LogP contribution in [0, 0.1) is 0 Å². The molecule has 0 aliphatic carbocycles. The van der Waals surface area contributed by atoms with Crippen molar-refractivity contribution in [1.29, 1.82) is 0 Å². The zero-order valence-corrected chi connectivity index (χ0v) is 13.4. The van der Waals surface area contributed by atoms with Crippen LogP contribution in [-0.4, -0.2) is 31.7 Å². The van der Waals surface area contributed by atoms with Gasteiger partial charge in [-0.05, 0) is 52.3 Å². The Labute approximate surface area is 128 Å². The standard InChI is InChI=1S/C12H18N2.C5H10O2/c13-10-12(6-8-14-9-7-12)11-4-2-1-3-5-11;1-5(2,3)7-4-6/h1-5,14H,6-10,13H2;4H,1-3H3. The van der Waals surface area contributed by atoms with Gasteiger partial charge in [0, 0.05) is 12.0 Å². The van der Waals surface area contributed by atoms with E-state index >= 15 is 0 Å². The highest BCUT2D eigenvalue weighted by molar-refractivity contribution is 5.37. The molecule has 2 rings (SSSR count). The van der Waals surface area contributed by atoms with E-state index in [-0.39, 0.29) is 11.0 Å². The van der Waals surface area contributed by atoms with E-state index in [2.05, 4.69) is 40.4 Å². The summed E-state index contributed by atoms with van der Waals surface area (Å²) in [6.45, 7) is 8.86. The molecule has 1 fully saturated rings. The van der Waals surface area contributed by atoms with Gasteiger partial charge in [-0.25, -0.2) is 0 Å². The van der Waals surface area contributed by atoms with Crippen LogP contribution in [0.4, 0.5) is 0 Å². The molecule has 0 spiro atoms. The second-order valence-corrected chi connectivity index (χ2v) is 6.43. The predicted molar refractivity (Wildman–Crippen MR) is 86.2 cm³/mol. The monoisotopic (exact) mass is 292 g/mol. The van der Waals surface area contributed by atoms with E-state index < -0.39 is 0 Å². The number of nitrogens with one attached hydrogen (secondary N) is 1. The molecule has 118 valence electrons. The molecule has 0 aromatic heterocycles. The predicted octanol–water partition coefficient (Wildman–Crippen LogP) is 2.22. The van der Waals surface area contributed by atoms with Crippen LogP contribution in [0.1, 0.15) is 39.2 Å². The van der Waals surface area contributed by atoms with Crippen molar-refractivity contribution in [3.8, 4) is 0 Å². The summed E-state index contributed by atoms with van der Waals surface area (Å²) in [6.07, 6.45) is 2.32. The zero-order chi connectivity index (χ0) is 15.8. The van der Waals surface area contributed by atoms with Crippen LogP contribution < -0.4 is 11.1 Å². The quantitative estimate of drug-likeness (QED) is 0.839. The summed E-state index contributed by atoms with van der Waals surface area (Å²) >= 11 is 0. The minimum absolute atomic E-state index is 0.229. The number of nitrogens with two attached hydrogens (primary N) is 1. The first-order chi connectivity index (χ1) is 9.93. The average Bonchev–Trinajstić information content (AvgIpc) is 2.48. The van der Waals surface area contributed by atoms with E-state index in [1.165, 1.54) is 5.56 Å². The molecule has 0 amide bonds. The number of hydrogen-bond donors (Lipinski definition) is 2. The third-order valence-corrected chi connectivity index (χ3v) is 3.74. The van der Waals surface area contributed by atoms with Crippen LogP contribution >= 0.6 is 0 Å². The number of benzene rings is 1. The van der Waals surface area contributed by atoms with E-state index in [9.17, 15) is 4.79 Å². The molecule has 1 heterocycles. The Bertz CT molecular complexity index is 407. The first kappa shape index (κ1) is 17.7. The SMILES string of the molecule is CC(C)(C)OC=O.NCC1(c2ccccc2)CCNCC1. The summed E-state index contributed by atoms with van der Waals surface area (Å²) in [5, 5.41) is 3.39. The summed E-state index contributed by atoms with van der Waals surface area (Å²) < 4.78 is 4.55. The molecule has 4 nitrogen and oxygen atoms in total. The summed E-state index contributed by atoms with van der Waals surface area (Å²) in [4.78, 5) is 9.60. The smallest absolute Gasteiger partial charge is 0.293 e. The molecule has 0 saturated carbocycles. The van der Waals surface area contributed by atoms with Crippen molar-refractivity contribution in [1.82, 2.24) is 5.32 Å². The van der Waals surface area contributed by atoms with Gasteiger partial charge in [-0.15, -0.1) is 0 Å². The third kappa shape index (κ3) is 5.86. The van der Waals surface area contributed by atoms with Crippen LogP contribution in [0.15, 0.2) is 30.3 Å². The molecular weight excluding hydrogens is 264 g/mol. The van der Waals surface area contributed by atoms with Gasteiger partial charge in [-0.3, -0.25) is 4.79 Å². The lowest BCUT2D eigenvalue weighted by molar-refractivity contribution is -0.138. The number of carbonyl (C=O) groups is 1. The molecular formula is C17H28N2O2. The lowest BCUT2D eigenvalue weighted by atomic mass is 9.73. The van der Waals surface area contributed by atoms with Gasteiger partial charge in [-0.2, -0.15) is 0 Å². The molecule has 1 aliphatic heterocycles. The minimum Gasteiger partial charge on any atom is -0.462 e. The molecule has 21 heavy (non-hydrogen) atoms. The summed E-state index contributed by atoms with van der Waals surface area (Å²) in [7, 11) is 0. The summed E-state index contributed by atoms with van der Waals surface area (Å²) in [5.41, 5.74) is 7.26. The molecule has 0 bridgehead atoms. The topological polar surface area (TPSA) is 64.3 Å². The number of piperidine rings is 1. The van der Waals surface area contributed by atoms with Crippen molar-refractivity contribution < 1.29 is 9.53 Å². The lowest BCUT2D eigenvalue weighted by Gasteiger charge is -2.37. The van der Waals surface area contributed by atoms with Crippen molar-refractivity contribution >= 4 is 6.47 Å². The molecule has 3 N–H and O–H groups in total. The van der Waals surface area contributed by atoms with Gasteiger partial charge in [0.1, 0.15) is 5.60 Å². The average molecular weight is 292 g/mol. The highest BCUT2D eigenvalue weighted by atomic mass is 16.5. The van der Waals surface area contributed by atoms with E-state index in [0.29, 0.717) is 6.47 Å². The van der Waals surface area contributed by atoms with Gasteiger partial charge < -0.3 is 15.8 Å². The van der Waals surface area contributed by atoms with Crippen molar-refractivity contribution in [2.75, 3.05) is 19.6 Å². The third-order valence-electron chi connectivity index (χ3n) is 3.74. The van der Waals surface area contributed by atoms with Gasteiger partial charge in [0.05, 0.1) is 0 Å². The highest BCUT2D eigenvalue weighted by Crippen LogP contribution is 2.31. The van der Waals surface area contributed by atoms with Crippen molar-refractivity contribution in [2.45, 2.75) is 44.6 Å². The molecule has 0 radical (unpaired) electrons. The Morgan fingerprint density at radius 1 is 1.24 bits per heavy atom. The molecule has 1 saturated heterocycles. The van der Waals surface area contributed by atoms with Crippen LogP contribution in [-0.2, 0) is 14.9 Å². The maximum atomic E-state index is 9.60. The number of hydrogen-bond acceptors (Lipinski definition) is 4. The first-order valence-electron chi connectivity index (χ1n) is 7.51. The minimum atomic E-state index is -0.318. The van der Waals surface area contributed by atoms with Crippen LogP contribution in [0.25, 0.3) is 0 Å². The Morgan fingerprint density at radius 3 is 2.19 bits per heavy atom. The Hall–Kier alpha value is -1.39. The van der Waals surface area contributed by atoms with E-state index in [1.807, 2.05) is 20.8 Å². The van der Waals surface area contributed by atoms with Crippen LogP contribution in [0.5, 0.6) is 0 Å². The molecule has 1 aromatic carbocycles. The van der Waals surface area contributed by atoms with Crippen molar-refractivity contribution in [3.05, 3.63) is 35.9 Å². The largest absolute Gasteiger partial charge is 0.462 e. The molecule has 1 aromatic rings. The van der Waals surface area contributed by atoms with Crippen LogP contribution in [0.2, 0.25) is 0 Å². The van der Waals surface area contributed by atoms with Gasteiger partial charge in [-0.1, -0.05) is 30.3 Å². The molecule has 0 unspecified atom stereocenters. The first-order valence-corrected chi connectivity index (χ1v) is 7.51. The van der Waals surface area contributed by atoms with Crippen molar-refractivity contribution in [3.63, 3.8) is 0 Å². The van der Waals surface area contributed by atoms with Gasteiger partial charge in [0.15, 0.2) is 0 Å². The number of ether oxygens (including phenoxy) is 1. The fourth-order valence-corrected chi connectivity index (χ4v) is 2.45. The molecule has 1 aliphatic rings. The maximum absolute atomic E-state index is 9.60. The van der Waals surface area contributed by atoms with Gasteiger partial charge in [0.25, 0.3) is 6.47 Å². The molecule has 0 atom stereocenters. The van der Waals surface area contributed by atoms with Gasteiger partial charge >= 0.3 is 0 Å². The lowest BCUT2D eigenvalue weighted by Crippen LogP contribution is -2.44. The fourth-order valence-electron chi connectivity index (χ4n) is 2.45. The summed E-state index contributed by atoms with van der Waals surface area (Å²) in [6, 6.07) is 10.7. The van der Waals surface area contributed by atoms with E-state index in [0.717, 1.165) is 32.5 Å². The maximum Gasteiger partial charge on any atom is 0.293 e. The second kappa shape index (κ2) is 8.15. The fraction of sp³-hybridized carbons (Fsp3) is 0.588. The van der Waals surface area contributed by atoms with Crippen molar-refractivity contribution in [2.24, 2.45) is 5.73 Å². The molecule has 4 heteroatoms. The van der Waals surface area contributed by atoms with E-state index in [1.54, 1.807) is 0 Å². The Balaban J connectivity index is 0.000000270. The normalized spacial score (nSPS) is 17.3. The number of rotatable bonds is 3. The Kier molecular flexibility index (Phi) is 6.85. The van der Waals surface area contributed by atoms with Gasteiger partial charge in [0.2, 0.25) is 0 Å². The summed E-state index contributed by atoms with van der Waals surface area (Å²) in [5.74, 6) is 0.